The third-order valence-electron chi connectivity index (χ3n) is 5.66. The van der Waals surface area contributed by atoms with Crippen LogP contribution >= 0.6 is 11.6 Å². The van der Waals surface area contributed by atoms with Gasteiger partial charge in [0.1, 0.15) is 23.0 Å². The molecule has 4 rings (SSSR count). The van der Waals surface area contributed by atoms with E-state index in [0.29, 0.717) is 34.3 Å². The van der Waals surface area contributed by atoms with E-state index in [9.17, 15) is 18.0 Å². The van der Waals surface area contributed by atoms with Crippen LogP contribution in [0.1, 0.15) is 23.1 Å². The van der Waals surface area contributed by atoms with Gasteiger partial charge in [-0.25, -0.2) is 0 Å². The van der Waals surface area contributed by atoms with E-state index in [1.54, 1.807) is 54.6 Å². The average molecular weight is 527 g/mol. The fraction of sp³-hybridized carbons (Fsp3) is 0.138. The molecule has 8 heteroatoms. The molecule has 0 saturated heterocycles. The number of halogens is 4. The zero-order chi connectivity index (χ0) is 26.6. The number of benzene rings is 4. The van der Waals surface area contributed by atoms with Gasteiger partial charge in [-0.3, -0.25) is 4.79 Å². The normalized spacial score (nSPS) is 11.3. The highest BCUT2D eigenvalue weighted by Gasteiger charge is 2.31. The van der Waals surface area contributed by atoms with Crippen LogP contribution in [0.2, 0.25) is 5.02 Å². The summed E-state index contributed by atoms with van der Waals surface area (Å²) in [5, 5.41) is 9.20. The summed E-state index contributed by atoms with van der Waals surface area (Å²) >= 11 is 6.29. The van der Waals surface area contributed by atoms with E-state index in [0.717, 1.165) is 23.3 Å². The second-order valence-corrected chi connectivity index (χ2v) is 8.76. The molecule has 0 heterocycles. The number of rotatable bonds is 8. The van der Waals surface area contributed by atoms with Crippen molar-refractivity contribution < 1.29 is 32.5 Å². The van der Waals surface area contributed by atoms with Gasteiger partial charge in [0.25, 0.3) is 0 Å². The van der Waals surface area contributed by atoms with Crippen molar-refractivity contribution in [2.24, 2.45) is 0 Å². The Morgan fingerprint density at radius 1 is 0.838 bits per heavy atom. The van der Waals surface area contributed by atoms with E-state index in [2.05, 4.69) is 0 Å². The third kappa shape index (κ3) is 6.62. The monoisotopic (exact) mass is 526 g/mol. The van der Waals surface area contributed by atoms with Crippen LogP contribution in [0.4, 0.5) is 13.2 Å². The number of aliphatic carboxylic acids is 1. The summed E-state index contributed by atoms with van der Waals surface area (Å²) in [7, 11) is 0. The molecule has 0 saturated carbocycles. The number of hydrogen-bond acceptors (Lipinski definition) is 3. The van der Waals surface area contributed by atoms with Gasteiger partial charge in [-0.2, -0.15) is 13.2 Å². The molecule has 0 bridgehead atoms. The molecule has 1 N–H and O–H groups in total. The Bertz CT molecular complexity index is 1430. The summed E-state index contributed by atoms with van der Waals surface area (Å²) in [6.45, 7) is 1.88. The van der Waals surface area contributed by atoms with Crippen molar-refractivity contribution >= 4 is 17.6 Å². The summed E-state index contributed by atoms with van der Waals surface area (Å²) in [6, 6.07) is 22.0. The number of ether oxygens (including phenoxy) is 2. The Morgan fingerprint density at radius 2 is 1.54 bits per heavy atom. The Morgan fingerprint density at radius 3 is 2.22 bits per heavy atom. The zero-order valence-corrected chi connectivity index (χ0v) is 20.4. The first-order valence-corrected chi connectivity index (χ1v) is 11.7. The maximum atomic E-state index is 13.4. The second kappa shape index (κ2) is 11.0. The molecule has 37 heavy (non-hydrogen) atoms. The van der Waals surface area contributed by atoms with Gasteiger partial charge in [0, 0.05) is 28.6 Å². The van der Waals surface area contributed by atoms with Gasteiger partial charge in [0.2, 0.25) is 0 Å². The summed E-state index contributed by atoms with van der Waals surface area (Å²) in [5.41, 5.74) is 1.63. The lowest BCUT2D eigenvalue weighted by Gasteiger charge is -2.16. The molecule has 0 aliphatic heterocycles. The molecule has 0 aliphatic rings. The minimum absolute atomic E-state index is 0.0422. The Balaban J connectivity index is 1.60. The minimum atomic E-state index is -4.52. The van der Waals surface area contributed by atoms with Gasteiger partial charge in [0.05, 0.1) is 5.56 Å². The lowest BCUT2D eigenvalue weighted by molar-refractivity contribution is -0.138. The van der Waals surface area contributed by atoms with Crippen molar-refractivity contribution in [3.63, 3.8) is 0 Å². The highest BCUT2D eigenvalue weighted by atomic mass is 35.5. The largest absolute Gasteiger partial charge is 0.481 e. The molecule has 4 nitrogen and oxygen atoms in total. The zero-order valence-electron chi connectivity index (χ0n) is 19.7. The molecular formula is C29H22ClF3O4. The van der Waals surface area contributed by atoms with Crippen molar-refractivity contribution in [1.29, 1.82) is 0 Å². The van der Waals surface area contributed by atoms with Crippen molar-refractivity contribution in [1.82, 2.24) is 0 Å². The van der Waals surface area contributed by atoms with Gasteiger partial charge < -0.3 is 14.6 Å². The van der Waals surface area contributed by atoms with Crippen molar-refractivity contribution in [3.8, 4) is 34.1 Å². The van der Waals surface area contributed by atoms with Crippen LogP contribution < -0.4 is 9.47 Å². The molecule has 0 amide bonds. The SMILES string of the molecule is Cc1cc(Oc2cccc(Oc3ccc(C(F)(F)F)cc3-c3ccccc3Cl)c2)ccc1CCC(=O)O. The van der Waals surface area contributed by atoms with Gasteiger partial charge in [-0.15, -0.1) is 0 Å². The van der Waals surface area contributed by atoms with Crippen molar-refractivity contribution in [3.05, 3.63) is 107 Å². The number of carboxylic acids is 1. The summed E-state index contributed by atoms with van der Waals surface area (Å²) in [4.78, 5) is 10.8. The van der Waals surface area contributed by atoms with Gasteiger partial charge in [-0.05, 0) is 73.0 Å². The molecule has 0 unspecified atom stereocenters. The number of alkyl halides is 3. The van der Waals surface area contributed by atoms with Gasteiger partial charge >= 0.3 is 12.1 Å². The molecular weight excluding hydrogens is 505 g/mol. The van der Waals surface area contributed by atoms with Gasteiger partial charge in [0.15, 0.2) is 0 Å². The standard InChI is InChI=1S/C29H22ClF3O4/c1-18-15-23(12-9-19(18)10-14-28(34)35)36-21-5-4-6-22(17-21)37-27-13-11-20(29(31,32)33)16-25(27)24-7-2-3-8-26(24)30/h2-9,11-13,15-17H,10,14H2,1H3,(H,34,35). The van der Waals surface area contributed by atoms with Crippen LogP contribution in [-0.4, -0.2) is 11.1 Å². The summed E-state index contributed by atoms with van der Waals surface area (Å²) < 4.78 is 52.2. The topological polar surface area (TPSA) is 55.8 Å². The average Bonchev–Trinajstić information content (AvgIpc) is 2.84. The van der Waals surface area contributed by atoms with E-state index in [1.165, 1.54) is 6.07 Å². The maximum Gasteiger partial charge on any atom is 0.416 e. The molecule has 4 aromatic carbocycles. The molecule has 0 spiro atoms. The number of carboxylic acid groups (broad SMARTS) is 1. The smallest absolute Gasteiger partial charge is 0.416 e. The van der Waals surface area contributed by atoms with E-state index in [-0.39, 0.29) is 17.7 Å². The van der Waals surface area contributed by atoms with Crippen LogP contribution in [0, 0.1) is 6.92 Å². The molecule has 0 radical (unpaired) electrons. The van der Waals surface area contributed by atoms with Crippen LogP contribution in [-0.2, 0) is 17.4 Å². The lowest BCUT2D eigenvalue weighted by Crippen LogP contribution is -2.05. The van der Waals surface area contributed by atoms with Crippen LogP contribution in [0.3, 0.4) is 0 Å². The quantitative estimate of drug-likeness (QED) is 0.249. The summed E-state index contributed by atoms with van der Waals surface area (Å²) in [5.74, 6) is 0.723. The predicted molar refractivity (Wildman–Crippen MR) is 136 cm³/mol. The van der Waals surface area contributed by atoms with E-state index in [4.69, 9.17) is 26.2 Å². The van der Waals surface area contributed by atoms with E-state index in [1.807, 2.05) is 19.1 Å². The first-order chi connectivity index (χ1) is 17.6. The van der Waals surface area contributed by atoms with Gasteiger partial charge in [-0.1, -0.05) is 41.9 Å². The molecule has 0 atom stereocenters. The molecule has 0 aromatic heterocycles. The third-order valence-corrected chi connectivity index (χ3v) is 5.99. The summed E-state index contributed by atoms with van der Waals surface area (Å²) in [6.07, 6.45) is -4.06. The van der Waals surface area contributed by atoms with E-state index >= 15 is 0 Å². The van der Waals surface area contributed by atoms with Crippen LogP contribution in [0.5, 0.6) is 23.0 Å². The number of hydrogen-bond donors (Lipinski definition) is 1. The molecule has 0 aliphatic carbocycles. The minimum Gasteiger partial charge on any atom is -0.481 e. The Labute approximate surface area is 216 Å². The lowest BCUT2D eigenvalue weighted by atomic mass is 10.0. The highest BCUT2D eigenvalue weighted by molar-refractivity contribution is 6.33. The molecule has 190 valence electrons. The number of carbonyl (C=O) groups is 1. The molecule has 0 fully saturated rings. The Kier molecular flexibility index (Phi) is 7.74. The maximum absolute atomic E-state index is 13.4. The fourth-order valence-corrected chi connectivity index (χ4v) is 4.04. The predicted octanol–water partition coefficient (Wildman–Crippen LogP) is 8.94. The first kappa shape index (κ1) is 26.1. The first-order valence-electron chi connectivity index (χ1n) is 11.3. The van der Waals surface area contributed by atoms with E-state index < -0.39 is 17.7 Å². The van der Waals surface area contributed by atoms with Crippen molar-refractivity contribution in [2.75, 3.05) is 0 Å². The van der Waals surface area contributed by atoms with Crippen LogP contribution in [0.25, 0.3) is 11.1 Å². The number of aryl methyl sites for hydroxylation is 2. The fourth-order valence-electron chi connectivity index (χ4n) is 3.80. The highest BCUT2D eigenvalue weighted by Crippen LogP contribution is 2.41. The van der Waals surface area contributed by atoms with Crippen LogP contribution in [0.15, 0.2) is 84.9 Å². The Hall–Kier alpha value is -3.97. The van der Waals surface area contributed by atoms with Crippen molar-refractivity contribution in [2.45, 2.75) is 25.9 Å². The second-order valence-electron chi connectivity index (χ2n) is 8.35. The molecule has 4 aromatic rings.